The molecule has 0 radical (unpaired) electrons. The average molecular weight is 240 g/mol. The van der Waals surface area contributed by atoms with E-state index in [2.05, 4.69) is 10.1 Å². The summed E-state index contributed by atoms with van der Waals surface area (Å²) in [6, 6.07) is 2.62. The number of nitrogen functional groups attached to an aromatic ring is 1. The van der Waals surface area contributed by atoms with Gasteiger partial charge in [-0.1, -0.05) is 0 Å². The largest absolute Gasteiger partial charge is 0.467 e. The lowest BCUT2D eigenvalue weighted by Gasteiger charge is -2.12. The number of carbonyl (C=O) groups excluding carboxylic acids is 2. The van der Waals surface area contributed by atoms with Crippen LogP contribution in [0.25, 0.3) is 0 Å². The number of benzene rings is 1. The third-order valence-electron chi connectivity index (χ3n) is 2.16. The fraction of sp³-hybridized carbons (Fsp3) is 0.273. The Morgan fingerprint density at radius 1 is 1.47 bits per heavy atom. The zero-order chi connectivity index (χ0) is 13.0. The van der Waals surface area contributed by atoms with Gasteiger partial charge in [0.05, 0.1) is 12.7 Å². The fourth-order valence-corrected chi connectivity index (χ4v) is 1.25. The third-order valence-corrected chi connectivity index (χ3v) is 2.16. The number of nitrogens with one attached hydrogen (secondary N) is 1. The second kappa shape index (κ2) is 5.29. The summed E-state index contributed by atoms with van der Waals surface area (Å²) in [7, 11) is 1.22. The molecular weight excluding hydrogens is 227 g/mol. The predicted molar refractivity (Wildman–Crippen MR) is 59.8 cm³/mol. The first kappa shape index (κ1) is 13.0. The molecule has 17 heavy (non-hydrogen) atoms. The van der Waals surface area contributed by atoms with E-state index in [0.29, 0.717) is 0 Å². The molecule has 0 heterocycles. The number of ether oxygens (including phenoxy) is 1. The minimum Gasteiger partial charge on any atom is -0.467 e. The summed E-state index contributed by atoms with van der Waals surface area (Å²) in [4.78, 5) is 22.8. The van der Waals surface area contributed by atoms with Crippen molar-refractivity contribution in [3.63, 3.8) is 0 Å². The van der Waals surface area contributed by atoms with Gasteiger partial charge in [0.15, 0.2) is 0 Å². The summed E-state index contributed by atoms with van der Waals surface area (Å²) in [6.45, 7) is 1.48. The maximum Gasteiger partial charge on any atom is 0.328 e. The Bertz CT molecular complexity index is 448. The van der Waals surface area contributed by atoms with Crippen LogP contribution in [-0.4, -0.2) is 25.0 Å². The highest BCUT2D eigenvalue weighted by Crippen LogP contribution is 2.13. The van der Waals surface area contributed by atoms with E-state index in [1.54, 1.807) is 0 Å². The van der Waals surface area contributed by atoms with Crippen LogP contribution in [0.2, 0.25) is 0 Å². The Morgan fingerprint density at radius 3 is 2.65 bits per heavy atom. The molecule has 5 nitrogen and oxygen atoms in total. The maximum absolute atomic E-state index is 12.8. The molecule has 0 aliphatic carbocycles. The second-order valence-electron chi connectivity index (χ2n) is 3.45. The number of methoxy groups -OCH3 is 1. The quantitative estimate of drug-likeness (QED) is 0.602. The van der Waals surface area contributed by atoms with Crippen LogP contribution in [0, 0.1) is 5.82 Å². The summed E-state index contributed by atoms with van der Waals surface area (Å²) >= 11 is 0. The molecule has 1 atom stereocenters. The minimum absolute atomic E-state index is 0.0135. The predicted octanol–water partition coefficient (Wildman–Crippen LogP) is 0.699. The zero-order valence-electron chi connectivity index (χ0n) is 9.49. The Hall–Kier alpha value is -2.11. The second-order valence-corrected chi connectivity index (χ2v) is 3.45. The Balaban J connectivity index is 2.80. The normalized spacial score (nSPS) is 11.7. The van der Waals surface area contributed by atoms with Crippen LogP contribution in [0.5, 0.6) is 0 Å². The lowest BCUT2D eigenvalue weighted by Crippen LogP contribution is -2.39. The smallest absolute Gasteiger partial charge is 0.328 e. The van der Waals surface area contributed by atoms with Crippen LogP contribution in [0.3, 0.4) is 0 Å². The van der Waals surface area contributed by atoms with Crippen molar-refractivity contribution >= 4 is 17.6 Å². The Labute approximate surface area is 97.7 Å². The average Bonchev–Trinajstić information content (AvgIpc) is 2.27. The van der Waals surface area contributed by atoms with Gasteiger partial charge in [0, 0.05) is 5.69 Å². The number of esters is 1. The van der Waals surface area contributed by atoms with Gasteiger partial charge in [0.25, 0.3) is 5.91 Å². The van der Waals surface area contributed by atoms with E-state index in [9.17, 15) is 14.0 Å². The molecule has 1 amide bonds. The first-order chi connectivity index (χ1) is 7.95. The van der Waals surface area contributed by atoms with E-state index < -0.39 is 23.7 Å². The van der Waals surface area contributed by atoms with E-state index in [0.717, 1.165) is 12.1 Å². The molecule has 0 saturated heterocycles. The number of anilines is 1. The number of halogens is 1. The molecule has 3 N–H and O–H groups in total. The van der Waals surface area contributed by atoms with Crippen molar-refractivity contribution in [2.45, 2.75) is 13.0 Å². The molecule has 6 heteroatoms. The molecule has 1 unspecified atom stereocenters. The minimum atomic E-state index is -0.794. The Morgan fingerprint density at radius 2 is 2.12 bits per heavy atom. The van der Waals surface area contributed by atoms with Gasteiger partial charge in [-0.15, -0.1) is 0 Å². The number of hydrogen-bond donors (Lipinski definition) is 2. The number of carbonyl (C=O) groups is 2. The first-order valence-electron chi connectivity index (χ1n) is 4.89. The topological polar surface area (TPSA) is 81.4 Å². The van der Waals surface area contributed by atoms with Gasteiger partial charge in [-0.3, -0.25) is 4.79 Å². The molecule has 0 saturated carbocycles. The first-order valence-corrected chi connectivity index (χ1v) is 4.89. The van der Waals surface area contributed by atoms with Crippen LogP contribution >= 0.6 is 0 Å². The van der Waals surface area contributed by atoms with Crippen molar-refractivity contribution in [1.82, 2.24) is 5.32 Å². The molecule has 0 aliphatic heterocycles. The van der Waals surface area contributed by atoms with E-state index in [4.69, 9.17) is 5.73 Å². The van der Waals surface area contributed by atoms with Crippen molar-refractivity contribution < 1.29 is 18.7 Å². The molecule has 1 aromatic carbocycles. The molecular formula is C11H13FN2O3. The highest BCUT2D eigenvalue weighted by molar-refractivity contribution is 6.00. The monoisotopic (exact) mass is 240 g/mol. The third kappa shape index (κ3) is 3.17. The van der Waals surface area contributed by atoms with Crippen molar-refractivity contribution in [1.29, 1.82) is 0 Å². The van der Waals surface area contributed by atoms with Crippen LogP contribution in [0.4, 0.5) is 10.1 Å². The number of nitrogens with two attached hydrogens (primary N) is 1. The summed E-state index contributed by atoms with van der Waals surface area (Å²) in [5.41, 5.74) is 5.62. The fourth-order valence-electron chi connectivity index (χ4n) is 1.25. The van der Waals surface area contributed by atoms with Crippen molar-refractivity contribution in [2.24, 2.45) is 0 Å². The summed E-state index contributed by atoms with van der Waals surface area (Å²) in [5.74, 6) is -1.65. The van der Waals surface area contributed by atoms with Gasteiger partial charge in [-0.05, 0) is 25.1 Å². The molecule has 1 aromatic rings. The van der Waals surface area contributed by atoms with E-state index >= 15 is 0 Å². The zero-order valence-corrected chi connectivity index (χ0v) is 9.49. The van der Waals surface area contributed by atoms with Crippen LogP contribution in [0.15, 0.2) is 18.2 Å². The SMILES string of the molecule is COC(=O)C(C)NC(=O)c1ccc(F)cc1N. The standard InChI is InChI=1S/C11H13FN2O3/c1-6(11(16)17-2)14-10(15)8-4-3-7(12)5-9(8)13/h3-6H,13H2,1-2H3,(H,14,15). The van der Waals surface area contributed by atoms with Gasteiger partial charge in [-0.25, -0.2) is 9.18 Å². The maximum atomic E-state index is 12.8. The number of hydrogen-bond acceptors (Lipinski definition) is 4. The summed E-state index contributed by atoms with van der Waals surface area (Å²) in [5, 5.41) is 2.39. The van der Waals surface area contributed by atoms with Gasteiger partial charge >= 0.3 is 5.97 Å². The van der Waals surface area contributed by atoms with Gasteiger partial charge < -0.3 is 15.8 Å². The van der Waals surface area contributed by atoms with Crippen LogP contribution in [0.1, 0.15) is 17.3 Å². The molecule has 0 aliphatic rings. The number of rotatable bonds is 3. The van der Waals surface area contributed by atoms with E-state index in [-0.39, 0.29) is 11.3 Å². The lowest BCUT2D eigenvalue weighted by atomic mass is 10.1. The van der Waals surface area contributed by atoms with Crippen molar-refractivity contribution in [2.75, 3.05) is 12.8 Å². The van der Waals surface area contributed by atoms with Gasteiger partial charge in [-0.2, -0.15) is 0 Å². The lowest BCUT2D eigenvalue weighted by molar-refractivity contribution is -0.142. The molecule has 1 rings (SSSR count). The number of amides is 1. The van der Waals surface area contributed by atoms with E-state index in [1.807, 2.05) is 0 Å². The molecule has 92 valence electrons. The van der Waals surface area contributed by atoms with Crippen LogP contribution < -0.4 is 11.1 Å². The highest BCUT2D eigenvalue weighted by atomic mass is 19.1. The summed E-state index contributed by atoms with van der Waals surface area (Å²) in [6.07, 6.45) is 0. The van der Waals surface area contributed by atoms with Gasteiger partial charge in [0.2, 0.25) is 0 Å². The molecule has 0 spiro atoms. The van der Waals surface area contributed by atoms with Crippen molar-refractivity contribution in [3.8, 4) is 0 Å². The Kier molecular flexibility index (Phi) is 4.03. The van der Waals surface area contributed by atoms with E-state index in [1.165, 1.54) is 20.1 Å². The summed E-state index contributed by atoms with van der Waals surface area (Å²) < 4.78 is 17.2. The van der Waals surface area contributed by atoms with Crippen LogP contribution in [-0.2, 0) is 9.53 Å². The van der Waals surface area contributed by atoms with Gasteiger partial charge in [0.1, 0.15) is 11.9 Å². The molecule has 0 bridgehead atoms. The highest BCUT2D eigenvalue weighted by Gasteiger charge is 2.18. The molecule has 0 aromatic heterocycles. The van der Waals surface area contributed by atoms with Crippen molar-refractivity contribution in [3.05, 3.63) is 29.6 Å². The molecule has 0 fully saturated rings.